The molecule has 1 heterocycles. The highest BCUT2D eigenvalue weighted by atomic mass is 35.5. The number of anilines is 3. The van der Waals surface area contributed by atoms with Gasteiger partial charge in [0, 0.05) is 52.0 Å². The zero-order valence-electron chi connectivity index (χ0n) is 21.4. The van der Waals surface area contributed by atoms with Crippen LogP contribution in [0.5, 0.6) is 0 Å². The third-order valence-electron chi connectivity index (χ3n) is 5.08. The van der Waals surface area contributed by atoms with Crippen molar-refractivity contribution in [2.75, 3.05) is 22.5 Å². The van der Waals surface area contributed by atoms with Crippen LogP contribution in [0.3, 0.4) is 0 Å². The molecule has 0 aliphatic carbocycles. The van der Waals surface area contributed by atoms with E-state index in [2.05, 4.69) is 26.3 Å². The van der Waals surface area contributed by atoms with E-state index in [-0.39, 0.29) is 11.3 Å². The molecule has 194 valence electrons. The standard InChI is InChI=1S/C28H33ClN6O2/c1-18(36)16-32-25-15-20(12-13-31-25)26(30)24(17-33-28(2,3)4)19-6-5-7-23(14-19)35-27(37)34-22-10-8-21(29)9-11-22/h5-15,17-18,30,33,36H,16H2,1-4H3,(H,31,32)(H2,34,35,37)/b24-17-,30-26?/t18-/m1/s1. The first-order valence-electron chi connectivity index (χ1n) is 11.9. The van der Waals surface area contributed by atoms with Gasteiger partial charge < -0.3 is 26.4 Å². The molecule has 8 nitrogen and oxygen atoms in total. The number of halogens is 1. The van der Waals surface area contributed by atoms with Gasteiger partial charge in [-0.25, -0.2) is 9.78 Å². The highest BCUT2D eigenvalue weighted by molar-refractivity contribution is 6.31. The highest BCUT2D eigenvalue weighted by Gasteiger charge is 2.15. The Bertz CT molecular complexity index is 1270. The van der Waals surface area contributed by atoms with Gasteiger partial charge in [0.15, 0.2) is 0 Å². The minimum absolute atomic E-state index is 0.220. The Morgan fingerprint density at radius 3 is 2.43 bits per heavy atom. The fourth-order valence-electron chi connectivity index (χ4n) is 3.27. The molecule has 0 spiro atoms. The number of nitrogens with one attached hydrogen (secondary N) is 5. The lowest BCUT2D eigenvalue weighted by Gasteiger charge is -2.21. The molecule has 0 aliphatic rings. The van der Waals surface area contributed by atoms with Crippen molar-refractivity contribution in [1.82, 2.24) is 10.3 Å². The molecule has 0 saturated carbocycles. The molecular weight excluding hydrogens is 488 g/mol. The van der Waals surface area contributed by atoms with Crippen LogP contribution in [0.25, 0.3) is 5.57 Å². The molecule has 1 atom stereocenters. The second-order valence-electron chi connectivity index (χ2n) is 9.65. The Kier molecular flexibility index (Phi) is 9.27. The number of nitrogens with zero attached hydrogens (tertiary/aromatic N) is 1. The van der Waals surface area contributed by atoms with Gasteiger partial charge in [0.25, 0.3) is 0 Å². The summed E-state index contributed by atoms with van der Waals surface area (Å²) in [5.74, 6) is 0.570. The van der Waals surface area contributed by atoms with Crippen molar-refractivity contribution < 1.29 is 9.90 Å². The summed E-state index contributed by atoms with van der Waals surface area (Å²) >= 11 is 5.91. The minimum atomic E-state index is -0.525. The maximum absolute atomic E-state index is 12.6. The number of aromatic nitrogens is 1. The summed E-state index contributed by atoms with van der Waals surface area (Å²) in [6.45, 7) is 8.15. The van der Waals surface area contributed by atoms with Gasteiger partial charge >= 0.3 is 6.03 Å². The quantitative estimate of drug-likeness (QED) is 0.194. The van der Waals surface area contributed by atoms with Gasteiger partial charge in [-0.2, -0.15) is 0 Å². The lowest BCUT2D eigenvalue weighted by Crippen LogP contribution is -2.31. The number of hydrogen-bond acceptors (Lipinski definition) is 6. The molecule has 0 aliphatic heterocycles. The molecule has 0 saturated heterocycles. The molecule has 0 bridgehead atoms. The van der Waals surface area contributed by atoms with Gasteiger partial charge in [-0.15, -0.1) is 0 Å². The van der Waals surface area contributed by atoms with Crippen LogP contribution in [0, 0.1) is 5.41 Å². The first-order valence-corrected chi connectivity index (χ1v) is 12.3. The van der Waals surface area contributed by atoms with E-state index in [1.807, 2.05) is 45.2 Å². The molecule has 1 aromatic heterocycles. The molecule has 2 amide bonds. The van der Waals surface area contributed by atoms with Crippen LogP contribution in [-0.2, 0) is 0 Å². The van der Waals surface area contributed by atoms with Gasteiger partial charge in [0.1, 0.15) is 5.82 Å². The summed E-state index contributed by atoms with van der Waals surface area (Å²) in [4.78, 5) is 16.8. The minimum Gasteiger partial charge on any atom is -0.392 e. The van der Waals surface area contributed by atoms with Crippen LogP contribution in [0.2, 0.25) is 5.02 Å². The number of amides is 2. The zero-order chi connectivity index (χ0) is 27.0. The molecule has 0 unspecified atom stereocenters. The van der Waals surface area contributed by atoms with Crippen molar-refractivity contribution >= 4 is 46.1 Å². The maximum Gasteiger partial charge on any atom is 0.323 e. The fraction of sp³-hybridized carbons (Fsp3) is 0.250. The summed E-state index contributed by atoms with van der Waals surface area (Å²) in [6, 6.07) is 17.3. The first kappa shape index (κ1) is 27.7. The van der Waals surface area contributed by atoms with Crippen molar-refractivity contribution in [3.63, 3.8) is 0 Å². The number of allylic oxidation sites excluding steroid dienone is 1. The van der Waals surface area contributed by atoms with Crippen molar-refractivity contribution in [3.8, 4) is 0 Å². The molecule has 3 aromatic rings. The van der Waals surface area contributed by atoms with Crippen LogP contribution >= 0.6 is 11.6 Å². The van der Waals surface area contributed by atoms with E-state index in [0.717, 1.165) is 5.56 Å². The number of benzene rings is 2. The predicted octanol–water partition coefficient (Wildman–Crippen LogP) is 5.97. The first-order chi connectivity index (χ1) is 17.5. The number of hydrogen-bond donors (Lipinski definition) is 6. The van der Waals surface area contributed by atoms with E-state index in [1.54, 1.807) is 55.6 Å². The second kappa shape index (κ2) is 12.4. The summed E-state index contributed by atoms with van der Waals surface area (Å²) in [5.41, 5.74) is 3.30. The molecule has 3 rings (SSSR count). The fourth-order valence-corrected chi connectivity index (χ4v) is 3.40. The Hall–Kier alpha value is -3.88. The van der Waals surface area contributed by atoms with Crippen LogP contribution < -0.4 is 21.3 Å². The van der Waals surface area contributed by atoms with Crippen molar-refractivity contribution in [3.05, 3.63) is 89.2 Å². The van der Waals surface area contributed by atoms with E-state index in [9.17, 15) is 9.90 Å². The number of carbonyl (C=O) groups excluding carboxylic acids is 1. The van der Waals surface area contributed by atoms with E-state index < -0.39 is 12.1 Å². The van der Waals surface area contributed by atoms with Gasteiger partial charge in [-0.1, -0.05) is 23.7 Å². The molecule has 2 aromatic carbocycles. The smallest absolute Gasteiger partial charge is 0.323 e. The number of aliphatic hydroxyl groups is 1. The number of rotatable bonds is 9. The zero-order valence-corrected chi connectivity index (χ0v) is 22.1. The average Bonchev–Trinajstić information content (AvgIpc) is 2.84. The van der Waals surface area contributed by atoms with Gasteiger partial charge in [-0.3, -0.25) is 5.41 Å². The third kappa shape index (κ3) is 8.93. The van der Waals surface area contributed by atoms with Gasteiger partial charge in [-0.05, 0) is 81.8 Å². The molecular formula is C28H33ClN6O2. The molecule has 0 radical (unpaired) electrons. The lowest BCUT2D eigenvalue weighted by atomic mass is 9.96. The van der Waals surface area contributed by atoms with Crippen LogP contribution in [-0.4, -0.2) is 40.0 Å². The molecule has 9 heteroatoms. The number of carbonyl (C=O) groups is 1. The van der Waals surface area contributed by atoms with Crippen molar-refractivity contribution in [2.45, 2.75) is 39.3 Å². The van der Waals surface area contributed by atoms with E-state index in [0.29, 0.717) is 39.9 Å². The van der Waals surface area contributed by atoms with Gasteiger partial charge in [0.05, 0.1) is 11.8 Å². The molecule has 6 N–H and O–H groups in total. The topological polar surface area (TPSA) is 122 Å². The normalized spacial score (nSPS) is 12.4. The summed E-state index contributed by atoms with van der Waals surface area (Å²) in [7, 11) is 0. The predicted molar refractivity (Wildman–Crippen MR) is 153 cm³/mol. The summed E-state index contributed by atoms with van der Waals surface area (Å²) in [6.07, 6.45) is 2.92. The lowest BCUT2D eigenvalue weighted by molar-refractivity contribution is 0.208. The highest BCUT2D eigenvalue weighted by Crippen LogP contribution is 2.24. The Labute approximate surface area is 222 Å². The van der Waals surface area contributed by atoms with E-state index in [1.165, 1.54) is 0 Å². The largest absolute Gasteiger partial charge is 0.392 e. The molecule has 37 heavy (non-hydrogen) atoms. The Morgan fingerprint density at radius 2 is 1.76 bits per heavy atom. The van der Waals surface area contributed by atoms with Gasteiger partial charge in [0.2, 0.25) is 0 Å². The van der Waals surface area contributed by atoms with E-state index >= 15 is 0 Å². The summed E-state index contributed by atoms with van der Waals surface area (Å²) < 4.78 is 0. The third-order valence-corrected chi connectivity index (χ3v) is 5.33. The van der Waals surface area contributed by atoms with Crippen LogP contribution in [0.15, 0.2) is 73.1 Å². The number of aliphatic hydroxyl groups excluding tert-OH is 1. The maximum atomic E-state index is 12.6. The summed E-state index contributed by atoms with van der Waals surface area (Å²) in [5, 5.41) is 31.2. The number of pyridine rings is 1. The Balaban J connectivity index is 1.86. The number of urea groups is 1. The second-order valence-corrected chi connectivity index (χ2v) is 10.1. The van der Waals surface area contributed by atoms with Crippen molar-refractivity contribution in [1.29, 1.82) is 5.41 Å². The molecule has 0 fully saturated rings. The van der Waals surface area contributed by atoms with Crippen LogP contribution in [0.4, 0.5) is 22.0 Å². The SMILES string of the molecule is C[C@@H](O)CNc1cc(C(=N)/C(=C\NC(C)(C)C)c2cccc(NC(=O)Nc3ccc(Cl)cc3)c2)ccn1. The Morgan fingerprint density at radius 1 is 1.05 bits per heavy atom. The van der Waals surface area contributed by atoms with Crippen molar-refractivity contribution in [2.24, 2.45) is 0 Å². The van der Waals surface area contributed by atoms with Crippen LogP contribution in [0.1, 0.15) is 38.8 Å². The monoisotopic (exact) mass is 520 g/mol. The average molecular weight is 521 g/mol. The van der Waals surface area contributed by atoms with E-state index in [4.69, 9.17) is 17.0 Å².